The van der Waals surface area contributed by atoms with Gasteiger partial charge in [0.1, 0.15) is 11.9 Å². The quantitative estimate of drug-likeness (QED) is 0.840. The molecular formula is C13H22N4O3S. The number of aromatic nitrogens is 2. The Kier molecular flexibility index (Phi) is 5.00. The molecule has 118 valence electrons. The van der Waals surface area contributed by atoms with E-state index >= 15 is 0 Å². The van der Waals surface area contributed by atoms with Crippen molar-refractivity contribution in [3.8, 4) is 0 Å². The minimum Gasteiger partial charge on any atom is -0.347 e. The van der Waals surface area contributed by atoms with Crippen LogP contribution in [0.1, 0.15) is 44.5 Å². The summed E-state index contributed by atoms with van der Waals surface area (Å²) in [5.74, 6) is 0.441. The summed E-state index contributed by atoms with van der Waals surface area (Å²) in [4.78, 5) is 19.6. The van der Waals surface area contributed by atoms with Crippen LogP contribution in [-0.2, 0) is 14.8 Å². The molecule has 0 aromatic carbocycles. The zero-order chi connectivity index (χ0) is 15.5. The van der Waals surface area contributed by atoms with Crippen LogP contribution >= 0.6 is 0 Å². The van der Waals surface area contributed by atoms with Crippen LogP contribution in [-0.4, -0.2) is 47.4 Å². The summed E-state index contributed by atoms with van der Waals surface area (Å²) in [5, 5.41) is 2.90. The van der Waals surface area contributed by atoms with E-state index in [0.29, 0.717) is 25.2 Å². The number of nitrogens with one attached hydrogen (secondary N) is 2. The van der Waals surface area contributed by atoms with Gasteiger partial charge < -0.3 is 10.3 Å². The van der Waals surface area contributed by atoms with Crippen LogP contribution in [0.25, 0.3) is 0 Å². The Morgan fingerprint density at radius 1 is 1.57 bits per heavy atom. The van der Waals surface area contributed by atoms with Crippen molar-refractivity contribution in [3.05, 3.63) is 18.2 Å². The van der Waals surface area contributed by atoms with Crippen LogP contribution in [0.15, 0.2) is 12.4 Å². The Labute approximate surface area is 125 Å². The fourth-order valence-corrected chi connectivity index (χ4v) is 3.79. The summed E-state index contributed by atoms with van der Waals surface area (Å²) in [6.07, 6.45) is 7.40. The molecule has 8 heteroatoms. The van der Waals surface area contributed by atoms with Gasteiger partial charge >= 0.3 is 0 Å². The van der Waals surface area contributed by atoms with Crippen LogP contribution in [0.3, 0.4) is 0 Å². The number of aromatic amines is 1. The molecule has 0 radical (unpaired) electrons. The van der Waals surface area contributed by atoms with Gasteiger partial charge in [0, 0.05) is 18.9 Å². The zero-order valence-corrected chi connectivity index (χ0v) is 13.2. The summed E-state index contributed by atoms with van der Waals surface area (Å²) in [6.45, 7) is 2.36. The smallest absolute Gasteiger partial charge is 0.239 e. The molecule has 1 aliphatic heterocycles. The van der Waals surface area contributed by atoms with E-state index in [0.717, 1.165) is 19.1 Å². The number of imidazole rings is 1. The van der Waals surface area contributed by atoms with Gasteiger partial charge in [-0.25, -0.2) is 13.4 Å². The van der Waals surface area contributed by atoms with Gasteiger partial charge in [0.15, 0.2) is 0 Å². The number of sulfonamides is 1. The molecule has 1 fully saturated rings. The summed E-state index contributed by atoms with van der Waals surface area (Å²) < 4.78 is 24.9. The van der Waals surface area contributed by atoms with Crippen molar-refractivity contribution in [3.63, 3.8) is 0 Å². The normalized spacial score (nSPS) is 21.9. The second kappa shape index (κ2) is 6.57. The Bertz CT molecular complexity index is 570. The highest BCUT2D eigenvalue weighted by Crippen LogP contribution is 2.21. The molecule has 1 aromatic rings. The highest BCUT2D eigenvalue weighted by atomic mass is 32.2. The van der Waals surface area contributed by atoms with E-state index in [2.05, 4.69) is 15.3 Å². The molecule has 1 amide bonds. The molecule has 7 nitrogen and oxygen atoms in total. The van der Waals surface area contributed by atoms with Crippen LogP contribution in [0.2, 0.25) is 0 Å². The van der Waals surface area contributed by atoms with Gasteiger partial charge in [-0.1, -0.05) is 13.3 Å². The fourth-order valence-electron chi connectivity index (χ4n) is 2.66. The number of rotatable bonds is 5. The Hall–Kier alpha value is -1.41. The molecule has 21 heavy (non-hydrogen) atoms. The van der Waals surface area contributed by atoms with Crippen molar-refractivity contribution in [1.29, 1.82) is 0 Å². The number of amides is 1. The third kappa shape index (κ3) is 3.82. The molecule has 0 aliphatic carbocycles. The molecule has 0 bridgehead atoms. The molecule has 1 aliphatic rings. The number of hydrogen-bond acceptors (Lipinski definition) is 4. The molecule has 2 rings (SSSR count). The van der Waals surface area contributed by atoms with E-state index in [1.807, 2.05) is 6.92 Å². The van der Waals surface area contributed by atoms with Crippen molar-refractivity contribution >= 4 is 15.9 Å². The van der Waals surface area contributed by atoms with Crippen molar-refractivity contribution in [2.24, 2.45) is 0 Å². The number of nitrogens with zero attached hydrogens (tertiary/aromatic N) is 2. The lowest BCUT2D eigenvalue weighted by Crippen LogP contribution is -2.52. The van der Waals surface area contributed by atoms with Crippen molar-refractivity contribution in [2.75, 3.05) is 12.8 Å². The maximum atomic E-state index is 12.5. The van der Waals surface area contributed by atoms with Crippen molar-refractivity contribution in [2.45, 2.75) is 44.7 Å². The Morgan fingerprint density at radius 2 is 2.33 bits per heavy atom. The highest BCUT2D eigenvalue weighted by Gasteiger charge is 2.35. The number of carbonyl (C=O) groups excluding carboxylic acids is 1. The number of carbonyl (C=O) groups is 1. The molecule has 0 spiro atoms. The third-order valence-corrected chi connectivity index (χ3v) is 5.05. The summed E-state index contributed by atoms with van der Waals surface area (Å²) >= 11 is 0. The number of hydrogen-bond donors (Lipinski definition) is 2. The maximum Gasteiger partial charge on any atom is 0.239 e. The maximum absolute atomic E-state index is 12.5. The molecular weight excluding hydrogens is 292 g/mol. The zero-order valence-electron chi connectivity index (χ0n) is 12.4. The Balaban J connectivity index is 2.10. The van der Waals surface area contributed by atoms with Gasteiger partial charge in [-0.2, -0.15) is 4.31 Å². The predicted molar refractivity (Wildman–Crippen MR) is 79.0 cm³/mol. The largest absolute Gasteiger partial charge is 0.347 e. The second-order valence-electron chi connectivity index (χ2n) is 5.33. The lowest BCUT2D eigenvalue weighted by Gasteiger charge is -2.33. The van der Waals surface area contributed by atoms with Gasteiger partial charge in [-0.05, 0) is 19.3 Å². The van der Waals surface area contributed by atoms with Crippen LogP contribution in [0, 0.1) is 0 Å². The van der Waals surface area contributed by atoms with Crippen LogP contribution in [0.5, 0.6) is 0 Å². The summed E-state index contributed by atoms with van der Waals surface area (Å²) in [7, 11) is -3.37. The predicted octanol–water partition coefficient (Wildman–Crippen LogP) is 0.791. The Morgan fingerprint density at radius 3 is 2.90 bits per heavy atom. The highest BCUT2D eigenvalue weighted by molar-refractivity contribution is 7.88. The van der Waals surface area contributed by atoms with Gasteiger partial charge in [0.2, 0.25) is 15.9 Å². The molecule has 0 saturated carbocycles. The standard InChI is InChI=1S/C13H22N4O3S/c1-3-10(12-14-7-8-15-12)16-13(18)11-6-4-5-9-17(11)21(2,19)20/h7-8,10-11H,3-6,9H2,1-2H3,(H,14,15)(H,16,18). The van der Waals surface area contributed by atoms with E-state index < -0.39 is 16.1 Å². The van der Waals surface area contributed by atoms with E-state index in [4.69, 9.17) is 0 Å². The first-order valence-electron chi connectivity index (χ1n) is 7.20. The fraction of sp³-hybridized carbons (Fsp3) is 0.692. The second-order valence-corrected chi connectivity index (χ2v) is 7.26. The average molecular weight is 314 g/mol. The van der Waals surface area contributed by atoms with Crippen molar-refractivity contribution in [1.82, 2.24) is 19.6 Å². The first-order valence-corrected chi connectivity index (χ1v) is 9.04. The average Bonchev–Trinajstić information content (AvgIpc) is 2.97. The van der Waals surface area contributed by atoms with E-state index in [1.54, 1.807) is 12.4 Å². The third-order valence-electron chi connectivity index (χ3n) is 3.76. The van der Waals surface area contributed by atoms with Gasteiger partial charge in [0.25, 0.3) is 0 Å². The van der Waals surface area contributed by atoms with Gasteiger partial charge in [-0.15, -0.1) is 0 Å². The van der Waals surface area contributed by atoms with E-state index in [1.165, 1.54) is 4.31 Å². The molecule has 2 N–H and O–H groups in total. The SMILES string of the molecule is CCC(NC(=O)C1CCCCN1S(C)(=O)=O)c1ncc[nH]1. The molecule has 1 aromatic heterocycles. The minimum absolute atomic E-state index is 0.226. The number of piperidine rings is 1. The van der Waals surface area contributed by atoms with Crippen molar-refractivity contribution < 1.29 is 13.2 Å². The van der Waals surface area contributed by atoms with E-state index in [-0.39, 0.29) is 11.9 Å². The first kappa shape index (κ1) is 16.0. The minimum atomic E-state index is -3.37. The molecule has 2 unspecified atom stereocenters. The van der Waals surface area contributed by atoms with Crippen LogP contribution in [0.4, 0.5) is 0 Å². The van der Waals surface area contributed by atoms with Gasteiger partial charge in [0.05, 0.1) is 12.3 Å². The molecule has 2 atom stereocenters. The topological polar surface area (TPSA) is 95.2 Å². The summed E-state index contributed by atoms with van der Waals surface area (Å²) in [6, 6.07) is -0.839. The monoisotopic (exact) mass is 314 g/mol. The lowest BCUT2D eigenvalue weighted by atomic mass is 10.0. The van der Waals surface area contributed by atoms with E-state index in [9.17, 15) is 13.2 Å². The lowest BCUT2D eigenvalue weighted by molar-refractivity contribution is -0.126. The molecule has 2 heterocycles. The van der Waals surface area contributed by atoms with Crippen LogP contribution < -0.4 is 5.32 Å². The van der Waals surface area contributed by atoms with Gasteiger partial charge in [-0.3, -0.25) is 4.79 Å². The number of H-pyrrole nitrogens is 1. The molecule has 1 saturated heterocycles. The summed E-state index contributed by atoms with van der Waals surface area (Å²) in [5.41, 5.74) is 0. The first-order chi connectivity index (χ1) is 9.93.